The molecule has 1 N–H and O–H groups in total. The Bertz CT molecular complexity index is 705. The Labute approximate surface area is 149 Å². The molecule has 0 unspecified atom stereocenters. The van der Waals surface area contributed by atoms with Crippen molar-refractivity contribution in [1.29, 1.82) is 0 Å². The summed E-state index contributed by atoms with van der Waals surface area (Å²) in [5.74, 6) is -1.75. The van der Waals surface area contributed by atoms with E-state index in [1.54, 1.807) is 12.1 Å². The number of carbonyl (C=O) groups is 3. The number of hydrogen-bond acceptors (Lipinski definition) is 3. The predicted molar refractivity (Wildman–Crippen MR) is 89.9 cm³/mol. The molecule has 0 aromatic heterocycles. The molecule has 5 nitrogen and oxygen atoms in total. The minimum atomic E-state index is -1.08. The van der Waals surface area contributed by atoms with Crippen molar-refractivity contribution in [3.8, 4) is 0 Å². The summed E-state index contributed by atoms with van der Waals surface area (Å²) >= 11 is 7.29. The number of imide groups is 1. The van der Waals surface area contributed by atoms with E-state index in [9.17, 15) is 14.4 Å². The van der Waals surface area contributed by atoms with E-state index in [4.69, 9.17) is 5.11 Å². The van der Waals surface area contributed by atoms with Crippen LogP contribution in [0.2, 0.25) is 0 Å². The van der Waals surface area contributed by atoms with E-state index in [2.05, 4.69) is 31.9 Å². The van der Waals surface area contributed by atoms with Gasteiger partial charge in [0, 0.05) is 9.65 Å². The molecule has 3 fully saturated rings. The molecule has 3 aliphatic rings. The number of carbonyl (C=O) groups excluding carboxylic acids is 2. The van der Waals surface area contributed by atoms with Gasteiger partial charge in [0.1, 0.15) is 0 Å². The molecule has 23 heavy (non-hydrogen) atoms. The number of fused-ring (bicyclic) bond motifs is 5. The van der Waals surface area contributed by atoms with E-state index in [-0.39, 0.29) is 50.7 Å². The van der Waals surface area contributed by atoms with Crippen molar-refractivity contribution in [2.45, 2.75) is 16.1 Å². The first-order valence-electron chi connectivity index (χ1n) is 7.41. The van der Waals surface area contributed by atoms with Crippen molar-refractivity contribution in [2.75, 3.05) is 4.90 Å². The highest BCUT2D eigenvalue weighted by Crippen LogP contribution is 2.60. The summed E-state index contributed by atoms with van der Waals surface area (Å²) in [4.78, 5) is 38.4. The van der Waals surface area contributed by atoms with Crippen LogP contribution in [0.4, 0.5) is 5.69 Å². The monoisotopic (exact) mass is 441 g/mol. The maximum atomic E-state index is 12.8. The zero-order valence-electron chi connectivity index (χ0n) is 11.9. The lowest BCUT2D eigenvalue weighted by Crippen LogP contribution is -2.37. The van der Waals surface area contributed by atoms with Gasteiger partial charge in [-0.05, 0) is 36.5 Å². The van der Waals surface area contributed by atoms with Gasteiger partial charge >= 0.3 is 5.97 Å². The largest absolute Gasteiger partial charge is 0.478 e. The summed E-state index contributed by atoms with van der Waals surface area (Å²) < 4.78 is 0. The van der Waals surface area contributed by atoms with Crippen LogP contribution in [0.25, 0.3) is 0 Å². The van der Waals surface area contributed by atoms with Crippen molar-refractivity contribution < 1.29 is 19.5 Å². The Morgan fingerprint density at radius 2 is 1.65 bits per heavy atom. The van der Waals surface area contributed by atoms with Gasteiger partial charge in [-0.25, -0.2) is 4.79 Å². The molecule has 1 aromatic rings. The number of carboxylic acids is 1. The first-order valence-corrected chi connectivity index (χ1v) is 9.24. The Hall–Kier alpha value is -1.21. The quantitative estimate of drug-likeness (QED) is 0.564. The third-order valence-electron chi connectivity index (χ3n) is 5.34. The highest BCUT2D eigenvalue weighted by atomic mass is 79.9. The van der Waals surface area contributed by atoms with Crippen LogP contribution in [-0.4, -0.2) is 32.5 Å². The molecule has 1 saturated heterocycles. The van der Waals surface area contributed by atoms with Crippen LogP contribution in [0.15, 0.2) is 24.3 Å². The molecule has 7 heteroatoms. The molecule has 2 amide bonds. The van der Waals surface area contributed by atoms with E-state index in [1.807, 2.05) is 0 Å². The van der Waals surface area contributed by atoms with Crippen LogP contribution in [0.3, 0.4) is 0 Å². The minimum Gasteiger partial charge on any atom is -0.478 e. The number of aromatic carboxylic acids is 1. The van der Waals surface area contributed by atoms with Crippen molar-refractivity contribution in [3.05, 3.63) is 29.8 Å². The van der Waals surface area contributed by atoms with Gasteiger partial charge < -0.3 is 5.11 Å². The third-order valence-corrected chi connectivity index (χ3v) is 8.55. The molecular weight excluding hydrogens is 430 g/mol. The number of benzene rings is 1. The van der Waals surface area contributed by atoms with Crippen LogP contribution in [-0.2, 0) is 9.59 Å². The Morgan fingerprint density at radius 1 is 1.09 bits per heavy atom. The van der Waals surface area contributed by atoms with Crippen molar-refractivity contribution in [1.82, 2.24) is 0 Å². The number of nitrogens with zero attached hydrogens (tertiary/aromatic N) is 1. The topological polar surface area (TPSA) is 74.7 Å². The predicted octanol–water partition coefficient (Wildman–Crippen LogP) is 2.67. The van der Waals surface area contributed by atoms with Crippen LogP contribution in [0, 0.1) is 23.7 Å². The Balaban J connectivity index is 1.73. The van der Waals surface area contributed by atoms with Crippen molar-refractivity contribution in [3.63, 3.8) is 0 Å². The molecule has 2 saturated carbocycles. The average Bonchev–Trinajstić information content (AvgIpc) is 3.12. The van der Waals surface area contributed by atoms with Gasteiger partial charge in [0.15, 0.2) is 0 Å². The van der Waals surface area contributed by atoms with E-state index in [0.29, 0.717) is 5.69 Å². The number of hydrogen-bond donors (Lipinski definition) is 1. The van der Waals surface area contributed by atoms with Gasteiger partial charge in [-0.15, -0.1) is 0 Å². The van der Waals surface area contributed by atoms with E-state index < -0.39 is 5.97 Å². The first-order chi connectivity index (χ1) is 10.9. The molecule has 1 heterocycles. The van der Waals surface area contributed by atoms with Gasteiger partial charge in [-0.2, -0.15) is 0 Å². The summed E-state index contributed by atoms with van der Waals surface area (Å²) in [6.07, 6.45) is 0.877. The standard InChI is InChI=1S/C16H13Br2NO4/c17-12-8-5-9(13(12)18)11-10(8)14(20)19(15(11)21)7-3-1-2-6(4-7)16(22)23/h1-4,8-13H,5H2,(H,22,23)/t8-,9-,10-,11+,12-,13-/m1/s1. The summed E-state index contributed by atoms with van der Waals surface area (Å²) in [6.45, 7) is 0. The number of halogens is 2. The fourth-order valence-corrected chi connectivity index (χ4v) is 6.25. The maximum Gasteiger partial charge on any atom is 0.335 e. The zero-order valence-corrected chi connectivity index (χ0v) is 15.0. The molecule has 0 radical (unpaired) electrons. The molecular formula is C16H13Br2NO4. The zero-order chi connectivity index (χ0) is 16.5. The van der Waals surface area contributed by atoms with Crippen LogP contribution >= 0.6 is 31.9 Å². The van der Waals surface area contributed by atoms with E-state index in [0.717, 1.165) is 6.42 Å². The lowest BCUT2D eigenvalue weighted by Gasteiger charge is -2.28. The van der Waals surface area contributed by atoms with Gasteiger partial charge in [-0.3, -0.25) is 14.5 Å². The number of amides is 2. The van der Waals surface area contributed by atoms with Gasteiger partial charge in [0.25, 0.3) is 0 Å². The SMILES string of the molecule is O=C(O)c1cccc(N2C(=O)[C@@H]3[C@H]4C[C@@H]([C@@H](Br)[C@@H]4Br)[C@@H]3C2=O)c1. The second-order valence-electron chi connectivity index (χ2n) is 6.37. The number of rotatable bonds is 2. The van der Waals surface area contributed by atoms with E-state index in [1.165, 1.54) is 17.0 Å². The summed E-state index contributed by atoms with van der Waals surface area (Å²) in [6, 6.07) is 6.01. The normalized spacial score (nSPS) is 38.3. The van der Waals surface area contributed by atoms with Crippen LogP contribution in [0.5, 0.6) is 0 Å². The maximum absolute atomic E-state index is 12.8. The molecule has 1 aromatic carbocycles. The highest BCUT2D eigenvalue weighted by molar-refractivity contribution is 9.12. The Kier molecular flexibility index (Phi) is 3.43. The van der Waals surface area contributed by atoms with E-state index >= 15 is 0 Å². The fourth-order valence-electron chi connectivity index (χ4n) is 4.38. The Morgan fingerprint density at radius 3 is 2.17 bits per heavy atom. The third kappa shape index (κ3) is 1.99. The van der Waals surface area contributed by atoms with Crippen LogP contribution in [0.1, 0.15) is 16.8 Å². The molecule has 1 aliphatic heterocycles. The highest BCUT2D eigenvalue weighted by Gasteiger charge is 2.66. The molecule has 4 rings (SSSR count). The second kappa shape index (κ2) is 5.14. The van der Waals surface area contributed by atoms with Gasteiger partial charge in [0.2, 0.25) is 11.8 Å². The van der Waals surface area contributed by atoms with Gasteiger partial charge in [-0.1, -0.05) is 37.9 Å². The molecule has 120 valence electrons. The number of anilines is 1. The lowest BCUT2D eigenvalue weighted by atomic mass is 9.81. The van der Waals surface area contributed by atoms with Crippen molar-refractivity contribution >= 4 is 55.3 Å². The first kappa shape index (κ1) is 15.3. The summed E-state index contributed by atoms with van der Waals surface area (Å²) in [5.41, 5.74) is 0.422. The summed E-state index contributed by atoms with van der Waals surface area (Å²) in [5, 5.41) is 9.11. The fraction of sp³-hybridized carbons (Fsp3) is 0.438. The molecule has 0 spiro atoms. The summed E-state index contributed by atoms with van der Waals surface area (Å²) in [7, 11) is 0. The average molecular weight is 443 g/mol. The number of alkyl halides is 2. The van der Waals surface area contributed by atoms with Crippen LogP contribution < -0.4 is 4.90 Å². The minimum absolute atomic E-state index is 0.0693. The second-order valence-corrected chi connectivity index (χ2v) is 8.49. The smallest absolute Gasteiger partial charge is 0.335 e. The molecule has 2 aliphatic carbocycles. The molecule has 2 bridgehead atoms. The van der Waals surface area contributed by atoms with Gasteiger partial charge in [0.05, 0.1) is 23.1 Å². The van der Waals surface area contributed by atoms with Crippen molar-refractivity contribution in [2.24, 2.45) is 23.7 Å². The number of carboxylic acid groups (broad SMARTS) is 1. The molecule has 6 atom stereocenters. The lowest BCUT2D eigenvalue weighted by molar-refractivity contribution is -0.123.